The summed E-state index contributed by atoms with van der Waals surface area (Å²) in [5, 5.41) is 5.78. The second kappa shape index (κ2) is 6.13. The fourth-order valence-electron chi connectivity index (χ4n) is 5.56. The predicted octanol–water partition coefficient (Wildman–Crippen LogP) is 3.80. The van der Waals surface area contributed by atoms with Gasteiger partial charge in [-0.05, 0) is 11.6 Å². The first-order valence-electron chi connectivity index (χ1n) is 10.8. The number of cyclic esters (lactones) is 1. The van der Waals surface area contributed by atoms with E-state index in [2.05, 4.69) is 14.9 Å². The van der Waals surface area contributed by atoms with Crippen molar-refractivity contribution >= 4 is 61.5 Å². The molecule has 8 heteroatoms. The van der Waals surface area contributed by atoms with Crippen LogP contribution in [0.4, 0.5) is 4.79 Å². The van der Waals surface area contributed by atoms with E-state index in [4.69, 9.17) is 4.74 Å². The Hall–Kier alpha value is -4.33. The van der Waals surface area contributed by atoms with Gasteiger partial charge in [-0.15, -0.1) is 0 Å². The zero-order valence-electron chi connectivity index (χ0n) is 17.7. The molecule has 0 bridgehead atoms. The van der Waals surface area contributed by atoms with Crippen molar-refractivity contribution in [2.75, 3.05) is 13.2 Å². The number of carbonyl (C=O) groups is 3. The highest BCUT2D eigenvalue weighted by Crippen LogP contribution is 2.43. The molecule has 0 unspecified atom stereocenters. The van der Waals surface area contributed by atoms with Crippen LogP contribution in [0.3, 0.4) is 0 Å². The van der Waals surface area contributed by atoms with E-state index < -0.39 is 0 Å². The van der Waals surface area contributed by atoms with Gasteiger partial charge in [0.2, 0.25) is 0 Å². The molecule has 0 saturated carbocycles. The van der Waals surface area contributed by atoms with E-state index in [9.17, 15) is 14.4 Å². The summed E-state index contributed by atoms with van der Waals surface area (Å²) in [6, 6.07) is 13.7. The Morgan fingerprint density at radius 2 is 1.67 bits per heavy atom. The van der Waals surface area contributed by atoms with Crippen LogP contribution in [0.2, 0.25) is 0 Å². The number of aryl methyl sites for hydroxylation is 1. The molecule has 1 saturated heterocycles. The number of nitrogens with zero attached hydrogens (tertiary/aromatic N) is 2. The number of hydrogen-bond donors (Lipinski definition) is 2. The molecule has 0 radical (unpaired) electrons. The predicted molar refractivity (Wildman–Crippen MR) is 123 cm³/mol. The van der Waals surface area contributed by atoms with E-state index in [-0.39, 0.29) is 17.9 Å². The fourth-order valence-corrected chi connectivity index (χ4v) is 5.56. The van der Waals surface area contributed by atoms with Crippen molar-refractivity contribution in [3.63, 3.8) is 0 Å². The number of fused-ring (bicyclic) bond motifs is 10. The zero-order chi connectivity index (χ0) is 22.4. The molecule has 162 valence electrons. The largest absolute Gasteiger partial charge is 0.448 e. The highest BCUT2D eigenvalue weighted by atomic mass is 16.6. The number of ether oxygens (including phenoxy) is 1. The third-order valence-electron chi connectivity index (χ3n) is 6.88. The van der Waals surface area contributed by atoms with E-state index in [1.807, 2.05) is 49.5 Å². The Bertz CT molecular complexity index is 1730. The first-order valence-corrected chi connectivity index (χ1v) is 10.8. The van der Waals surface area contributed by atoms with Gasteiger partial charge in [0.05, 0.1) is 40.8 Å². The summed E-state index contributed by atoms with van der Waals surface area (Å²) >= 11 is 0. The van der Waals surface area contributed by atoms with Crippen molar-refractivity contribution in [1.82, 2.24) is 19.8 Å². The van der Waals surface area contributed by atoms with Crippen LogP contribution < -0.4 is 5.32 Å². The summed E-state index contributed by atoms with van der Waals surface area (Å²) < 4.78 is 7.17. The number of hydrogen-bond acceptors (Lipinski definition) is 4. The highest BCUT2D eigenvalue weighted by Gasteiger charge is 2.35. The van der Waals surface area contributed by atoms with Crippen LogP contribution in [0.25, 0.3) is 43.6 Å². The van der Waals surface area contributed by atoms with Gasteiger partial charge in [-0.2, -0.15) is 0 Å². The molecule has 3 amide bonds. The molecule has 3 aromatic carbocycles. The van der Waals surface area contributed by atoms with Gasteiger partial charge >= 0.3 is 6.09 Å². The number of carbonyl (C=O) groups excluding carboxylic acids is 3. The number of para-hydroxylation sites is 2. The van der Waals surface area contributed by atoms with Crippen molar-refractivity contribution in [1.29, 1.82) is 0 Å². The second-order valence-corrected chi connectivity index (χ2v) is 8.59. The molecule has 5 aromatic rings. The molecule has 2 aliphatic rings. The fraction of sp³-hybridized carbons (Fsp3) is 0.160. The first-order chi connectivity index (χ1) is 16.0. The van der Waals surface area contributed by atoms with Gasteiger partial charge < -0.3 is 19.2 Å². The molecular weight excluding hydrogens is 420 g/mol. The Morgan fingerprint density at radius 1 is 0.909 bits per heavy atom. The zero-order valence-corrected chi connectivity index (χ0v) is 17.7. The van der Waals surface area contributed by atoms with Gasteiger partial charge in [0.15, 0.2) is 0 Å². The van der Waals surface area contributed by atoms with Crippen LogP contribution in [0.15, 0.2) is 42.5 Å². The lowest BCUT2D eigenvalue weighted by Crippen LogP contribution is -2.23. The number of aromatic nitrogens is 2. The van der Waals surface area contributed by atoms with Gasteiger partial charge in [0.25, 0.3) is 11.8 Å². The van der Waals surface area contributed by atoms with Gasteiger partial charge in [-0.25, -0.2) is 4.79 Å². The SMILES string of the molecule is Cn1c2c(CN3CCOC3=O)cccc2c2c3c(c4c5ccccc5[nH]c4c21)C(=O)NC3=O. The standard InChI is InChI=1S/C25H18N4O4/c1-28-21-12(11-29-9-10-33-25(29)32)5-4-7-14(21)17-19-18(23(30)27-24(19)31)16-13-6-2-3-8-15(13)26-20(16)22(17)28/h2-8,26H,9-11H2,1H3,(H,27,30,31). The number of H-pyrrole nitrogens is 1. The van der Waals surface area contributed by atoms with E-state index in [0.717, 1.165) is 49.2 Å². The monoisotopic (exact) mass is 438 g/mol. The van der Waals surface area contributed by atoms with Crippen molar-refractivity contribution in [2.45, 2.75) is 6.54 Å². The number of rotatable bonds is 2. The number of aromatic amines is 1. The van der Waals surface area contributed by atoms with E-state index >= 15 is 0 Å². The third-order valence-corrected chi connectivity index (χ3v) is 6.88. The average Bonchev–Trinajstić information content (AvgIpc) is 3.53. The maximum Gasteiger partial charge on any atom is 0.410 e. The van der Waals surface area contributed by atoms with Crippen LogP contribution in [0.5, 0.6) is 0 Å². The van der Waals surface area contributed by atoms with Crippen molar-refractivity contribution < 1.29 is 19.1 Å². The summed E-state index contributed by atoms with van der Waals surface area (Å²) in [5.74, 6) is -0.757. The number of imide groups is 1. The number of amides is 3. The lowest BCUT2D eigenvalue weighted by molar-refractivity contribution is 0.0880. The molecule has 0 aliphatic carbocycles. The van der Waals surface area contributed by atoms with Gasteiger partial charge in [0.1, 0.15) is 6.61 Å². The molecule has 8 nitrogen and oxygen atoms in total. The van der Waals surface area contributed by atoms with Gasteiger partial charge in [-0.1, -0.05) is 36.4 Å². The van der Waals surface area contributed by atoms with Crippen LogP contribution in [0, 0.1) is 0 Å². The van der Waals surface area contributed by atoms with Crippen LogP contribution in [0.1, 0.15) is 26.3 Å². The third kappa shape index (κ3) is 2.22. The maximum absolute atomic E-state index is 13.0. The van der Waals surface area contributed by atoms with Crippen molar-refractivity contribution in [2.24, 2.45) is 7.05 Å². The Kier molecular flexibility index (Phi) is 3.39. The van der Waals surface area contributed by atoms with Crippen molar-refractivity contribution in [3.8, 4) is 0 Å². The van der Waals surface area contributed by atoms with E-state index in [1.54, 1.807) is 4.90 Å². The summed E-state index contributed by atoms with van der Waals surface area (Å²) in [4.78, 5) is 43.2. The summed E-state index contributed by atoms with van der Waals surface area (Å²) in [6.45, 7) is 1.33. The minimum atomic E-state index is -0.381. The topological polar surface area (TPSA) is 96.4 Å². The Morgan fingerprint density at radius 3 is 2.45 bits per heavy atom. The number of benzene rings is 3. The Labute approximate surface area is 186 Å². The molecule has 2 aromatic heterocycles. The van der Waals surface area contributed by atoms with Crippen molar-refractivity contribution in [3.05, 3.63) is 59.2 Å². The summed E-state index contributed by atoms with van der Waals surface area (Å²) in [5.41, 5.74) is 5.29. The average molecular weight is 438 g/mol. The van der Waals surface area contributed by atoms with Gasteiger partial charge in [-0.3, -0.25) is 14.9 Å². The Balaban J connectivity index is 1.67. The lowest BCUT2D eigenvalue weighted by Gasteiger charge is -2.14. The molecule has 0 spiro atoms. The van der Waals surface area contributed by atoms with E-state index in [0.29, 0.717) is 30.8 Å². The smallest absolute Gasteiger partial charge is 0.410 e. The minimum Gasteiger partial charge on any atom is -0.448 e. The molecular formula is C25H18N4O4. The normalized spacial score (nSPS) is 15.9. The quantitative estimate of drug-likeness (QED) is 0.410. The molecule has 2 N–H and O–H groups in total. The molecule has 1 fully saturated rings. The molecule has 33 heavy (non-hydrogen) atoms. The summed E-state index contributed by atoms with van der Waals surface area (Å²) in [6.07, 6.45) is -0.324. The molecule has 2 aliphatic heterocycles. The van der Waals surface area contributed by atoms with Crippen LogP contribution >= 0.6 is 0 Å². The highest BCUT2D eigenvalue weighted by molar-refractivity contribution is 6.39. The van der Waals surface area contributed by atoms with Gasteiger partial charge in [0, 0.05) is 34.1 Å². The van der Waals surface area contributed by atoms with Crippen LogP contribution in [-0.2, 0) is 18.3 Å². The molecule has 0 atom stereocenters. The lowest BCUT2D eigenvalue weighted by atomic mass is 9.96. The maximum atomic E-state index is 13.0. The second-order valence-electron chi connectivity index (χ2n) is 8.59. The van der Waals surface area contributed by atoms with E-state index in [1.165, 1.54) is 0 Å². The van der Waals surface area contributed by atoms with Crippen LogP contribution in [-0.4, -0.2) is 45.5 Å². The molecule has 4 heterocycles. The molecule has 7 rings (SSSR count). The first kappa shape index (κ1) is 18.3. The minimum absolute atomic E-state index is 0.324. The number of nitrogens with one attached hydrogen (secondary N) is 2. The summed E-state index contributed by atoms with van der Waals surface area (Å²) in [7, 11) is 1.96.